The minimum absolute atomic E-state index is 0.365. The molecular formula is C14H28BrNO. The van der Waals surface area contributed by atoms with Gasteiger partial charge in [0.1, 0.15) is 0 Å². The molecule has 0 aromatic heterocycles. The Morgan fingerprint density at radius 2 is 1.76 bits per heavy atom. The summed E-state index contributed by atoms with van der Waals surface area (Å²) < 4.78 is 0. The van der Waals surface area contributed by atoms with Gasteiger partial charge in [0.25, 0.3) is 0 Å². The fraction of sp³-hybridized carbons (Fsp3) is 1.00. The molecule has 0 spiro atoms. The molecule has 0 aliphatic heterocycles. The van der Waals surface area contributed by atoms with E-state index in [1.165, 1.54) is 25.7 Å². The van der Waals surface area contributed by atoms with Crippen molar-refractivity contribution in [3.63, 3.8) is 0 Å². The Balaban J connectivity index is 2.49. The maximum Gasteiger partial charge on any atom is 0.0774 e. The molecule has 0 heterocycles. The van der Waals surface area contributed by atoms with Crippen molar-refractivity contribution in [2.24, 2.45) is 5.41 Å². The number of alkyl halides is 1. The van der Waals surface area contributed by atoms with E-state index < -0.39 is 5.60 Å². The van der Waals surface area contributed by atoms with E-state index in [4.69, 9.17) is 0 Å². The van der Waals surface area contributed by atoms with Gasteiger partial charge in [0.15, 0.2) is 0 Å². The van der Waals surface area contributed by atoms with E-state index in [0.717, 1.165) is 31.3 Å². The molecule has 0 aromatic rings. The van der Waals surface area contributed by atoms with E-state index >= 15 is 0 Å². The van der Waals surface area contributed by atoms with Crippen molar-refractivity contribution in [1.29, 1.82) is 0 Å². The van der Waals surface area contributed by atoms with Crippen molar-refractivity contribution in [3.05, 3.63) is 0 Å². The van der Waals surface area contributed by atoms with Crippen LogP contribution in [0.25, 0.3) is 0 Å². The third kappa shape index (κ3) is 4.22. The second-order valence-corrected chi connectivity index (χ2v) is 6.51. The van der Waals surface area contributed by atoms with Crippen LogP contribution in [0.2, 0.25) is 0 Å². The predicted octanol–water partition coefficient (Wildman–Crippen LogP) is 3.42. The van der Waals surface area contributed by atoms with Crippen molar-refractivity contribution >= 4 is 15.9 Å². The molecule has 0 radical (unpaired) electrons. The summed E-state index contributed by atoms with van der Waals surface area (Å²) in [5, 5.41) is 11.5. The zero-order chi connectivity index (χ0) is 12.9. The summed E-state index contributed by atoms with van der Waals surface area (Å²) in [6, 6.07) is 0. The van der Waals surface area contributed by atoms with Gasteiger partial charge < -0.3 is 10.0 Å². The summed E-state index contributed by atoms with van der Waals surface area (Å²) in [7, 11) is 2.15. The van der Waals surface area contributed by atoms with Crippen molar-refractivity contribution in [3.8, 4) is 0 Å². The largest absolute Gasteiger partial charge is 0.389 e. The summed E-state index contributed by atoms with van der Waals surface area (Å²) in [5.74, 6) is 0. The molecule has 3 heteroatoms. The van der Waals surface area contributed by atoms with Gasteiger partial charge in [0.05, 0.1) is 5.60 Å². The van der Waals surface area contributed by atoms with Gasteiger partial charge in [-0.2, -0.15) is 0 Å². The van der Waals surface area contributed by atoms with Gasteiger partial charge in [-0.15, -0.1) is 0 Å². The molecule has 1 saturated carbocycles. The van der Waals surface area contributed by atoms with Gasteiger partial charge in [0, 0.05) is 18.4 Å². The molecule has 1 fully saturated rings. The van der Waals surface area contributed by atoms with Crippen LogP contribution >= 0.6 is 15.9 Å². The Morgan fingerprint density at radius 3 is 2.18 bits per heavy atom. The van der Waals surface area contributed by atoms with Crippen LogP contribution in [0.15, 0.2) is 0 Å². The highest BCUT2D eigenvalue weighted by atomic mass is 79.9. The number of halogens is 1. The van der Waals surface area contributed by atoms with Gasteiger partial charge >= 0.3 is 0 Å². The molecule has 0 saturated heterocycles. The van der Waals surface area contributed by atoms with Crippen molar-refractivity contribution < 1.29 is 5.11 Å². The van der Waals surface area contributed by atoms with E-state index in [1.807, 2.05) is 0 Å². The Bertz CT molecular complexity index is 214. The van der Waals surface area contributed by atoms with E-state index in [9.17, 15) is 5.11 Å². The zero-order valence-corrected chi connectivity index (χ0v) is 13.2. The van der Waals surface area contributed by atoms with Gasteiger partial charge in [0.2, 0.25) is 0 Å². The molecule has 1 aliphatic carbocycles. The fourth-order valence-electron chi connectivity index (χ4n) is 3.03. The topological polar surface area (TPSA) is 23.5 Å². The van der Waals surface area contributed by atoms with Crippen LogP contribution in [0.5, 0.6) is 0 Å². The standard InChI is InChI=1S/C14H28BrNO/c1-4-13(5-2,10-15)11-16(3)12-14(17)8-6-7-9-14/h17H,4-12H2,1-3H3. The first-order chi connectivity index (χ1) is 7.99. The first-order valence-electron chi connectivity index (χ1n) is 6.96. The predicted molar refractivity (Wildman–Crippen MR) is 77.7 cm³/mol. The maximum atomic E-state index is 10.4. The summed E-state index contributed by atoms with van der Waals surface area (Å²) in [6.07, 6.45) is 6.73. The molecule has 1 rings (SSSR count). The highest BCUT2D eigenvalue weighted by Gasteiger charge is 2.34. The summed E-state index contributed by atoms with van der Waals surface area (Å²) in [4.78, 5) is 2.33. The smallest absolute Gasteiger partial charge is 0.0774 e. The molecule has 102 valence electrons. The minimum atomic E-state index is -0.408. The number of nitrogens with zero attached hydrogens (tertiary/aromatic N) is 1. The Labute approximate surface area is 115 Å². The summed E-state index contributed by atoms with van der Waals surface area (Å²) in [5.41, 5.74) is -0.0437. The molecule has 2 nitrogen and oxygen atoms in total. The quantitative estimate of drug-likeness (QED) is 0.729. The van der Waals surface area contributed by atoms with Crippen LogP contribution in [0.3, 0.4) is 0 Å². The van der Waals surface area contributed by atoms with Crippen molar-refractivity contribution in [2.75, 3.05) is 25.5 Å². The van der Waals surface area contributed by atoms with Gasteiger partial charge in [-0.05, 0) is 38.1 Å². The molecular weight excluding hydrogens is 278 g/mol. The van der Waals surface area contributed by atoms with Crippen LogP contribution in [-0.4, -0.2) is 41.1 Å². The average Bonchev–Trinajstić information content (AvgIpc) is 2.72. The Kier molecular flexibility index (Phi) is 5.94. The second-order valence-electron chi connectivity index (χ2n) is 5.94. The first kappa shape index (κ1) is 15.5. The summed E-state index contributed by atoms with van der Waals surface area (Å²) >= 11 is 3.66. The lowest BCUT2D eigenvalue weighted by Crippen LogP contribution is -2.44. The van der Waals surface area contributed by atoms with E-state index in [0.29, 0.717) is 5.41 Å². The lowest BCUT2D eigenvalue weighted by Gasteiger charge is -2.37. The summed E-state index contributed by atoms with van der Waals surface area (Å²) in [6.45, 7) is 6.45. The molecule has 1 N–H and O–H groups in total. The van der Waals surface area contributed by atoms with Crippen molar-refractivity contribution in [1.82, 2.24) is 4.90 Å². The minimum Gasteiger partial charge on any atom is -0.389 e. The normalized spacial score (nSPS) is 20.1. The number of hydrogen-bond donors (Lipinski definition) is 1. The van der Waals surface area contributed by atoms with Crippen LogP contribution < -0.4 is 0 Å². The third-order valence-corrected chi connectivity index (χ3v) is 5.68. The molecule has 0 amide bonds. The monoisotopic (exact) mass is 305 g/mol. The highest BCUT2D eigenvalue weighted by Crippen LogP contribution is 2.33. The van der Waals surface area contributed by atoms with Crippen LogP contribution in [0, 0.1) is 5.41 Å². The highest BCUT2D eigenvalue weighted by molar-refractivity contribution is 9.09. The Morgan fingerprint density at radius 1 is 1.24 bits per heavy atom. The van der Waals surface area contributed by atoms with E-state index in [-0.39, 0.29) is 0 Å². The maximum absolute atomic E-state index is 10.4. The molecule has 17 heavy (non-hydrogen) atoms. The average molecular weight is 306 g/mol. The van der Waals surface area contributed by atoms with Crippen molar-refractivity contribution in [2.45, 2.75) is 58.0 Å². The van der Waals surface area contributed by atoms with Gasteiger partial charge in [-0.1, -0.05) is 42.6 Å². The lowest BCUT2D eigenvalue weighted by molar-refractivity contribution is 0.00655. The first-order valence-corrected chi connectivity index (χ1v) is 8.08. The van der Waals surface area contributed by atoms with Crippen LogP contribution in [-0.2, 0) is 0 Å². The molecule has 0 atom stereocenters. The molecule has 0 unspecified atom stereocenters. The Hall–Kier alpha value is 0.400. The number of aliphatic hydroxyl groups is 1. The molecule has 0 aromatic carbocycles. The lowest BCUT2D eigenvalue weighted by atomic mass is 9.84. The molecule has 1 aliphatic rings. The van der Waals surface area contributed by atoms with E-state index in [2.05, 4.69) is 41.7 Å². The van der Waals surface area contributed by atoms with Crippen LogP contribution in [0.4, 0.5) is 0 Å². The zero-order valence-electron chi connectivity index (χ0n) is 11.6. The van der Waals surface area contributed by atoms with Crippen LogP contribution in [0.1, 0.15) is 52.4 Å². The second kappa shape index (κ2) is 6.53. The fourth-order valence-corrected chi connectivity index (χ4v) is 4.00. The number of likely N-dealkylation sites (N-methyl/N-ethyl adjacent to an activating group) is 1. The SMILES string of the molecule is CCC(CC)(CBr)CN(C)CC1(O)CCCC1. The number of hydrogen-bond acceptors (Lipinski definition) is 2. The third-order valence-electron chi connectivity index (χ3n) is 4.49. The molecule has 0 bridgehead atoms. The van der Waals surface area contributed by atoms with Gasteiger partial charge in [-0.3, -0.25) is 0 Å². The van der Waals surface area contributed by atoms with E-state index in [1.54, 1.807) is 0 Å². The van der Waals surface area contributed by atoms with Gasteiger partial charge in [-0.25, -0.2) is 0 Å². The number of rotatable bonds is 7.